The summed E-state index contributed by atoms with van der Waals surface area (Å²) >= 11 is 0. The molecular formula is C24H28. The molecule has 24 heavy (non-hydrogen) atoms. The fourth-order valence-corrected chi connectivity index (χ4v) is 2.61. The molecule has 0 heteroatoms. The monoisotopic (exact) mass is 316 g/mol. The van der Waals surface area contributed by atoms with E-state index in [0.717, 1.165) is 29.5 Å². The summed E-state index contributed by atoms with van der Waals surface area (Å²) in [5.74, 6) is 6.42. The van der Waals surface area contributed by atoms with Gasteiger partial charge in [-0.2, -0.15) is 0 Å². The third-order valence-corrected chi connectivity index (χ3v) is 4.25. The zero-order valence-electron chi connectivity index (χ0n) is 15.1. The molecule has 0 unspecified atom stereocenters. The first-order valence-corrected chi connectivity index (χ1v) is 9.12. The second-order valence-corrected chi connectivity index (χ2v) is 6.33. The zero-order chi connectivity index (χ0) is 17.2. The van der Waals surface area contributed by atoms with Crippen LogP contribution in [0.2, 0.25) is 0 Å². The van der Waals surface area contributed by atoms with Crippen LogP contribution in [0, 0.1) is 11.8 Å². The van der Waals surface area contributed by atoms with Gasteiger partial charge in [0.25, 0.3) is 0 Å². The molecule has 0 amide bonds. The Morgan fingerprint density at radius 1 is 0.792 bits per heavy atom. The number of benzene rings is 2. The highest BCUT2D eigenvalue weighted by Gasteiger charge is 1.97. The summed E-state index contributed by atoms with van der Waals surface area (Å²) in [6.07, 6.45) is 7.26. The summed E-state index contributed by atoms with van der Waals surface area (Å²) in [7, 11) is 0. The van der Waals surface area contributed by atoms with Crippen LogP contribution in [-0.2, 0) is 12.8 Å². The van der Waals surface area contributed by atoms with Crippen molar-refractivity contribution in [2.24, 2.45) is 0 Å². The zero-order valence-corrected chi connectivity index (χ0v) is 15.1. The van der Waals surface area contributed by atoms with Gasteiger partial charge in [-0.3, -0.25) is 0 Å². The van der Waals surface area contributed by atoms with Crippen molar-refractivity contribution in [1.82, 2.24) is 0 Å². The van der Waals surface area contributed by atoms with Crippen molar-refractivity contribution in [3.63, 3.8) is 0 Å². The average Bonchev–Trinajstić information content (AvgIpc) is 2.64. The first-order chi connectivity index (χ1) is 11.7. The van der Waals surface area contributed by atoms with E-state index in [1.165, 1.54) is 36.8 Å². The van der Waals surface area contributed by atoms with Crippen LogP contribution in [0.25, 0.3) is 5.57 Å². The minimum Gasteiger partial charge on any atom is -0.0827 e. The summed E-state index contributed by atoms with van der Waals surface area (Å²) < 4.78 is 0. The van der Waals surface area contributed by atoms with E-state index in [0.29, 0.717) is 0 Å². The van der Waals surface area contributed by atoms with Gasteiger partial charge in [-0.1, -0.05) is 81.5 Å². The minimum absolute atomic E-state index is 0.882. The third-order valence-electron chi connectivity index (χ3n) is 4.25. The number of hydrogen-bond donors (Lipinski definition) is 0. The van der Waals surface area contributed by atoms with Crippen molar-refractivity contribution in [2.75, 3.05) is 0 Å². The smallest absolute Gasteiger partial charge is 0.0249 e. The molecule has 0 aliphatic rings. The van der Waals surface area contributed by atoms with Gasteiger partial charge in [0, 0.05) is 11.1 Å². The van der Waals surface area contributed by atoms with Crippen LogP contribution in [0.4, 0.5) is 0 Å². The predicted octanol–water partition coefficient (Wildman–Crippen LogP) is 6.44. The molecule has 2 rings (SSSR count). The van der Waals surface area contributed by atoms with Crippen LogP contribution in [0.5, 0.6) is 0 Å². The van der Waals surface area contributed by atoms with Crippen molar-refractivity contribution in [3.8, 4) is 11.8 Å². The third kappa shape index (κ3) is 5.74. The molecule has 0 atom stereocenters. The van der Waals surface area contributed by atoms with Crippen molar-refractivity contribution >= 4 is 5.57 Å². The maximum absolute atomic E-state index is 4.12. The highest BCUT2D eigenvalue weighted by atomic mass is 14.0. The van der Waals surface area contributed by atoms with Crippen molar-refractivity contribution in [3.05, 3.63) is 77.4 Å². The lowest BCUT2D eigenvalue weighted by Gasteiger charge is -2.02. The Labute approximate surface area is 147 Å². The van der Waals surface area contributed by atoms with E-state index in [1.54, 1.807) is 0 Å². The quantitative estimate of drug-likeness (QED) is 0.516. The van der Waals surface area contributed by atoms with Gasteiger partial charge in [0.1, 0.15) is 0 Å². The molecule has 0 saturated carbocycles. The lowest BCUT2D eigenvalue weighted by Crippen LogP contribution is -1.86. The van der Waals surface area contributed by atoms with Gasteiger partial charge in [0.2, 0.25) is 0 Å². The summed E-state index contributed by atoms with van der Waals surface area (Å²) in [5, 5.41) is 0. The van der Waals surface area contributed by atoms with Crippen LogP contribution in [0.1, 0.15) is 61.8 Å². The number of aryl methyl sites for hydroxylation is 2. The Morgan fingerprint density at radius 2 is 1.29 bits per heavy atom. The molecule has 0 aliphatic heterocycles. The first-order valence-electron chi connectivity index (χ1n) is 9.12. The maximum atomic E-state index is 4.12. The molecule has 2 aromatic carbocycles. The highest BCUT2D eigenvalue weighted by molar-refractivity contribution is 5.77. The Morgan fingerprint density at radius 3 is 1.79 bits per heavy atom. The van der Waals surface area contributed by atoms with Crippen molar-refractivity contribution in [1.29, 1.82) is 0 Å². The molecule has 0 bridgehead atoms. The average molecular weight is 316 g/mol. The van der Waals surface area contributed by atoms with Gasteiger partial charge in [-0.05, 0) is 54.5 Å². The van der Waals surface area contributed by atoms with E-state index in [2.05, 4.69) is 80.8 Å². The first kappa shape index (κ1) is 18.1. The molecule has 124 valence electrons. The molecule has 2 aromatic rings. The number of unbranched alkanes of at least 4 members (excludes halogenated alkanes) is 2. The molecule has 0 heterocycles. The van der Waals surface area contributed by atoms with E-state index in [4.69, 9.17) is 0 Å². The van der Waals surface area contributed by atoms with E-state index in [1.807, 2.05) is 0 Å². The van der Waals surface area contributed by atoms with Gasteiger partial charge in [0.15, 0.2) is 0 Å². The SMILES string of the molecule is C=C(C#Cc1ccc(CCCC)cc1)c1ccc(CCCC)cc1. The summed E-state index contributed by atoms with van der Waals surface area (Å²) in [4.78, 5) is 0. The van der Waals surface area contributed by atoms with Gasteiger partial charge >= 0.3 is 0 Å². The van der Waals surface area contributed by atoms with Gasteiger partial charge in [-0.15, -0.1) is 0 Å². The van der Waals surface area contributed by atoms with Gasteiger partial charge in [0.05, 0.1) is 0 Å². The summed E-state index contributed by atoms with van der Waals surface area (Å²) in [5.41, 5.74) is 5.83. The number of hydrogen-bond acceptors (Lipinski definition) is 0. The molecule has 0 radical (unpaired) electrons. The maximum Gasteiger partial charge on any atom is 0.0249 e. The van der Waals surface area contributed by atoms with Crippen LogP contribution in [0.15, 0.2) is 55.1 Å². The fourth-order valence-electron chi connectivity index (χ4n) is 2.61. The van der Waals surface area contributed by atoms with Crippen LogP contribution in [0.3, 0.4) is 0 Å². The topological polar surface area (TPSA) is 0 Å². The minimum atomic E-state index is 0.882. The van der Waals surface area contributed by atoms with E-state index in [-0.39, 0.29) is 0 Å². The number of allylic oxidation sites excluding steroid dienone is 1. The molecular weight excluding hydrogens is 288 g/mol. The normalized spacial score (nSPS) is 10.1. The Kier molecular flexibility index (Phi) is 7.37. The largest absolute Gasteiger partial charge is 0.0827 e. The van der Waals surface area contributed by atoms with E-state index < -0.39 is 0 Å². The number of rotatable bonds is 7. The van der Waals surface area contributed by atoms with E-state index >= 15 is 0 Å². The molecule has 0 aliphatic carbocycles. The van der Waals surface area contributed by atoms with E-state index in [9.17, 15) is 0 Å². The summed E-state index contributed by atoms with van der Waals surface area (Å²) in [6, 6.07) is 17.3. The van der Waals surface area contributed by atoms with Crippen molar-refractivity contribution < 1.29 is 0 Å². The standard InChI is InChI=1S/C24H28/c1-4-6-8-21-12-14-23(15-13-21)11-10-20(3)24-18-16-22(17-19-24)9-7-5-2/h12-19H,3-9H2,1-2H3. The molecule has 0 aromatic heterocycles. The van der Waals surface area contributed by atoms with Crippen LogP contribution >= 0.6 is 0 Å². The van der Waals surface area contributed by atoms with Crippen LogP contribution in [-0.4, -0.2) is 0 Å². The predicted molar refractivity (Wildman–Crippen MR) is 106 cm³/mol. The second-order valence-electron chi connectivity index (χ2n) is 6.33. The lowest BCUT2D eigenvalue weighted by atomic mass is 10.0. The molecule has 0 N–H and O–H groups in total. The molecule has 0 spiro atoms. The molecule has 0 fully saturated rings. The second kappa shape index (κ2) is 9.78. The van der Waals surface area contributed by atoms with Crippen molar-refractivity contribution in [2.45, 2.75) is 52.4 Å². The highest BCUT2D eigenvalue weighted by Crippen LogP contribution is 2.14. The fraction of sp³-hybridized carbons (Fsp3) is 0.333. The Bertz CT molecular complexity index is 690. The Balaban J connectivity index is 1.98. The summed E-state index contributed by atoms with van der Waals surface area (Å²) in [6.45, 7) is 8.56. The molecule has 0 saturated heterocycles. The Hall–Kier alpha value is -2.26. The molecule has 0 nitrogen and oxygen atoms in total. The van der Waals surface area contributed by atoms with Crippen LogP contribution < -0.4 is 0 Å². The van der Waals surface area contributed by atoms with Gasteiger partial charge < -0.3 is 0 Å². The van der Waals surface area contributed by atoms with Gasteiger partial charge in [-0.25, -0.2) is 0 Å². The lowest BCUT2D eigenvalue weighted by molar-refractivity contribution is 0.795.